The number of ether oxygens (including phenoxy) is 1. The van der Waals surface area contributed by atoms with Crippen LogP contribution in [0.1, 0.15) is 12.0 Å². The number of carbonyl (C=O) groups excluding carboxylic acids is 1. The van der Waals surface area contributed by atoms with Crippen molar-refractivity contribution in [2.24, 2.45) is 5.73 Å². The van der Waals surface area contributed by atoms with Crippen molar-refractivity contribution < 1.29 is 13.9 Å². The summed E-state index contributed by atoms with van der Waals surface area (Å²) in [6.45, 7) is 1.68. The molecule has 0 bridgehead atoms. The maximum atomic E-state index is 11.9. The van der Waals surface area contributed by atoms with E-state index in [9.17, 15) is 9.18 Å². The summed E-state index contributed by atoms with van der Waals surface area (Å²) in [6.07, 6.45) is -0.598. The van der Waals surface area contributed by atoms with Crippen LogP contribution < -0.4 is 11.1 Å². The van der Waals surface area contributed by atoms with Crippen molar-refractivity contribution in [3.8, 4) is 0 Å². The first-order chi connectivity index (χ1) is 8.18. The zero-order chi connectivity index (χ0) is 12.5. The Bertz CT molecular complexity index is 327. The van der Waals surface area contributed by atoms with Gasteiger partial charge in [0.15, 0.2) is 0 Å². The summed E-state index contributed by atoms with van der Waals surface area (Å²) in [6, 6.07) is 9.37. The smallest absolute Gasteiger partial charge is 0.404 e. The molecule has 1 amide bonds. The van der Waals surface area contributed by atoms with E-state index in [1.165, 1.54) is 0 Å². The van der Waals surface area contributed by atoms with Crippen LogP contribution in [-0.4, -0.2) is 25.4 Å². The molecule has 1 saturated heterocycles. The number of carbonyl (C=O) groups is 1. The molecule has 1 aromatic carbocycles. The Kier molecular flexibility index (Phi) is 6.03. The fourth-order valence-electron chi connectivity index (χ4n) is 1.35. The first kappa shape index (κ1) is 13.4. The molecular formula is C12H17FN2O2. The lowest BCUT2D eigenvalue weighted by Crippen LogP contribution is -2.12. The molecule has 0 aromatic heterocycles. The van der Waals surface area contributed by atoms with Gasteiger partial charge in [0.2, 0.25) is 0 Å². The number of nitrogens with two attached hydrogens (primary N) is 1. The second-order valence-electron chi connectivity index (χ2n) is 3.68. The fourth-order valence-corrected chi connectivity index (χ4v) is 1.35. The number of primary amides is 1. The van der Waals surface area contributed by atoms with Gasteiger partial charge in [-0.1, -0.05) is 30.3 Å². The SMILES string of the molecule is FC1CCNC1.NC(=O)OCc1ccccc1. The van der Waals surface area contributed by atoms with Gasteiger partial charge < -0.3 is 15.8 Å². The maximum Gasteiger partial charge on any atom is 0.404 e. The van der Waals surface area contributed by atoms with Gasteiger partial charge in [0.05, 0.1) is 0 Å². The number of alkyl halides is 1. The van der Waals surface area contributed by atoms with Gasteiger partial charge in [-0.2, -0.15) is 0 Å². The van der Waals surface area contributed by atoms with Gasteiger partial charge in [0, 0.05) is 6.54 Å². The molecule has 17 heavy (non-hydrogen) atoms. The van der Waals surface area contributed by atoms with E-state index in [0.29, 0.717) is 13.0 Å². The van der Waals surface area contributed by atoms with E-state index in [-0.39, 0.29) is 6.61 Å². The predicted octanol–water partition coefficient (Wildman–Crippen LogP) is 1.60. The van der Waals surface area contributed by atoms with Crippen LogP contribution in [0.15, 0.2) is 30.3 Å². The molecule has 1 aliphatic rings. The van der Waals surface area contributed by atoms with E-state index < -0.39 is 12.3 Å². The first-order valence-electron chi connectivity index (χ1n) is 5.49. The summed E-state index contributed by atoms with van der Waals surface area (Å²) in [4.78, 5) is 10.2. The van der Waals surface area contributed by atoms with Crippen LogP contribution in [0, 0.1) is 0 Å². The number of hydrogen-bond donors (Lipinski definition) is 2. The Morgan fingerprint density at radius 3 is 2.59 bits per heavy atom. The highest BCUT2D eigenvalue weighted by Crippen LogP contribution is 2.00. The molecule has 1 atom stereocenters. The number of halogens is 1. The number of benzene rings is 1. The lowest BCUT2D eigenvalue weighted by Gasteiger charge is -1.99. The molecule has 0 saturated carbocycles. The van der Waals surface area contributed by atoms with E-state index in [2.05, 4.69) is 10.1 Å². The quantitative estimate of drug-likeness (QED) is 0.825. The molecule has 5 heteroatoms. The highest BCUT2D eigenvalue weighted by Gasteiger charge is 2.10. The molecule has 4 nitrogen and oxygen atoms in total. The average Bonchev–Trinajstić information content (AvgIpc) is 2.80. The van der Waals surface area contributed by atoms with Crippen LogP contribution in [0.4, 0.5) is 9.18 Å². The zero-order valence-electron chi connectivity index (χ0n) is 9.56. The highest BCUT2D eigenvalue weighted by molar-refractivity contribution is 5.64. The topological polar surface area (TPSA) is 64.3 Å². The number of hydrogen-bond acceptors (Lipinski definition) is 3. The molecule has 1 unspecified atom stereocenters. The molecule has 0 aliphatic carbocycles. The van der Waals surface area contributed by atoms with Crippen molar-refractivity contribution in [3.63, 3.8) is 0 Å². The lowest BCUT2D eigenvalue weighted by atomic mass is 10.2. The van der Waals surface area contributed by atoms with Crippen LogP contribution in [0.2, 0.25) is 0 Å². The first-order valence-corrected chi connectivity index (χ1v) is 5.49. The summed E-state index contributed by atoms with van der Waals surface area (Å²) < 4.78 is 16.4. The minimum absolute atomic E-state index is 0.246. The van der Waals surface area contributed by atoms with Crippen molar-refractivity contribution in [1.82, 2.24) is 5.32 Å². The second kappa shape index (κ2) is 7.62. The van der Waals surface area contributed by atoms with Crippen molar-refractivity contribution in [2.75, 3.05) is 13.1 Å². The van der Waals surface area contributed by atoms with E-state index in [0.717, 1.165) is 12.1 Å². The molecule has 1 fully saturated rings. The predicted molar refractivity (Wildman–Crippen MR) is 63.2 cm³/mol. The molecule has 0 radical (unpaired) electrons. The molecule has 1 heterocycles. The molecule has 94 valence electrons. The van der Waals surface area contributed by atoms with E-state index in [1.54, 1.807) is 0 Å². The second-order valence-corrected chi connectivity index (χ2v) is 3.68. The van der Waals surface area contributed by atoms with Crippen LogP contribution >= 0.6 is 0 Å². The summed E-state index contributed by atoms with van der Waals surface area (Å²) in [7, 11) is 0. The molecular weight excluding hydrogens is 223 g/mol. The van der Waals surface area contributed by atoms with Crippen molar-refractivity contribution >= 4 is 6.09 Å². The summed E-state index contributed by atoms with van der Waals surface area (Å²) in [5, 5.41) is 2.90. The Balaban J connectivity index is 0.000000202. The normalized spacial score (nSPS) is 18.1. The van der Waals surface area contributed by atoms with Crippen LogP contribution in [0.3, 0.4) is 0 Å². The Morgan fingerprint density at radius 1 is 1.47 bits per heavy atom. The fraction of sp³-hybridized carbons (Fsp3) is 0.417. The monoisotopic (exact) mass is 240 g/mol. The third-order valence-corrected chi connectivity index (χ3v) is 2.22. The largest absolute Gasteiger partial charge is 0.445 e. The van der Waals surface area contributed by atoms with Crippen LogP contribution in [0.5, 0.6) is 0 Å². The van der Waals surface area contributed by atoms with Gasteiger partial charge in [0.25, 0.3) is 0 Å². The average molecular weight is 240 g/mol. The third-order valence-electron chi connectivity index (χ3n) is 2.22. The van der Waals surface area contributed by atoms with Crippen LogP contribution in [-0.2, 0) is 11.3 Å². The summed E-state index contributed by atoms with van der Waals surface area (Å²) >= 11 is 0. The van der Waals surface area contributed by atoms with Gasteiger partial charge in [-0.05, 0) is 18.5 Å². The Hall–Kier alpha value is -1.62. The molecule has 2 rings (SSSR count). The summed E-state index contributed by atoms with van der Waals surface area (Å²) in [5.41, 5.74) is 5.72. The maximum absolute atomic E-state index is 11.9. The number of nitrogens with one attached hydrogen (secondary N) is 1. The summed E-state index contributed by atoms with van der Waals surface area (Å²) in [5.74, 6) is 0. The molecule has 1 aliphatic heterocycles. The van der Waals surface area contributed by atoms with E-state index in [1.807, 2.05) is 30.3 Å². The van der Waals surface area contributed by atoms with Gasteiger partial charge in [-0.3, -0.25) is 0 Å². The Morgan fingerprint density at radius 2 is 2.18 bits per heavy atom. The number of rotatable bonds is 2. The van der Waals surface area contributed by atoms with Crippen LogP contribution in [0.25, 0.3) is 0 Å². The highest BCUT2D eigenvalue weighted by atomic mass is 19.1. The molecule has 1 aromatic rings. The number of amides is 1. The van der Waals surface area contributed by atoms with Crippen molar-refractivity contribution in [1.29, 1.82) is 0 Å². The van der Waals surface area contributed by atoms with E-state index in [4.69, 9.17) is 5.73 Å². The lowest BCUT2D eigenvalue weighted by molar-refractivity contribution is 0.150. The Labute approximate surface area is 100.0 Å². The molecule has 3 N–H and O–H groups in total. The third kappa shape index (κ3) is 6.52. The molecule has 0 spiro atoms. The van der Waals surface area contributed by atoms with Crippen molar-refractivity contribution in [3.05, 3.63) is 35.9 Å². The zero-order valence-corrected chi connectivity index (χ0v) is 9.56. The standard InChI is InChI=1S/C8H9NO2.C4H8FN/c9-8(10)11-6-7-4-2-1-3-5-7;5-4-1-2-6-3-4/h1-5H,6H2,(H2,9,10);4,6H,1-3H2. The van der Waals surface area contributed by atoms with Crippen molar-refractivity contribution in [2.45, 2.75) is 19.2 Å². The van der Waals surface area contributed by atoms with Gasteiger partial charge >= 0.3 is 6.09 Å². The minimum atomic E-state index is -0.742. The van der Waals surface area contributed by atoms with Gasteiger partial charge in [0.1, 0.15) is 12.8 Å². The van der Waals surface area contributed by atoms with E-state index >= 15 is 0 Å². The van der Waals surface area contributed by atoms with Gasteiger partial charge in [-0.15, -0.1) is 0 Å². The minimum Gasteiger partial charge on any atom is -0.445 e. The van der Waals surface area contributed by atoms with Gasteiger partial charge in [-0.25, -0.2) is 9.18 Å².